The summed E-state index contributed by atoms with van der Waals surface area (Å²) in [4.78, 5) is 0. The van der Waals surface area contributed by atoms with Gasteiger partial charge < -0.3 is 5.32 Å². The highest BCUT2D eigenvalue weighted by Gasteiger charge is 2.01. The van der Waals surface area contributed by atoms with E-state index in [-0.39, 0.29) is 0 Å². The minimum atomic E-state index is 0.782. The third-order valence-electron chi connectivity index (χ3n) is 1.73. The fourth-order valence-corrected chi connectivity index (χ4v) is 1.15. The van der Waals surface area contributed by atoms with E-state index in [2.05, 4.69) is 17.0 Å². The molecule has 0 aliphatic heterocycles. The lowest BCUT2D eigenvalue weighted by Gasteiger charge is -1.93. The molecule has 3 nitrogen and oxygen atoms in total. The molecule has 0 aromatic carbocycles. The van der Waals surface area contributed by atoms with Gasteiger partial charge in [-0.25, -0.2) is 0 Å². The van der Waals surface area contributed by atoms with E-state index in [9.17, 15) is 0 Å². The molecule has 66 valence electrons. The number of nitrogens with one attached hydrogen (secondary N) is 1. The number of rotatable bonds is 4. The molecular weight excluding hydrogens is 150 g/mol. The van der Waals surface area contributed by atoms with Crippen LogP contribution in [0.2, 0.25) is 0 Å². The quantitative estimate of drug-likeness (QED) is 0.677. The smallest absolute Gasteiger partial charge is 0.0638 e. The van der Waals surface area contributed by atoms with Crippen molar-refractivity contribution in [2.45, 2.75) is 20.0 Å². The maximum Gasteiger partial charge on any atom is 0.0638 e. The molecule has 0 aliphatic carbocycles. The number of allylic oxidation sites excluding steroid dienone is 1. The number of hydrogen-bond acceptors (Lipinski definition) is 2. The molecule has 0 saturated carbocycles. The Morgan fingerprint density at radius 3 is 3.08 bits per heavy atom. The van der Waals surface area contributed by atoms with Gasteiger partial charge >= 0.3 is 0 Å². The first-order valence-corrected chi connectivity index (χ1v) is 4.06. The average Bonchev–Trinajstić information content (AvgIpc) is 2.34. The molecule has 0 atom stereocenters. The van der Waals surface area contributed by atoms with Crippen LogP contribution in [0, 0.1) is 6.92 Å². The standard InChI is InChI=1S/C9H15N3/c1-4-5-12-7-9(6-10-3)8(2)11-12/h4,7,10H,1,5-6H2,2-3H3. The van der Waals surface area contributed by atoms with Crippen molar-refractivity contribution >= 4 is 0 Å². The fourth-order valence-electron chi connectivity index (χ4n) is 1.15. The Kier molecular flexibility index (Phi) is 3.05. The molecule has 0 spiro atoms. The SMILES string of the molecule is C=CCn1cc(CNC)c(C)n1. The summed E-state index contributed by atoms with van der Waals surface area (Å²) in [6.45, 7) is 7.34. The molecule has 1 heterocycles. The van der Waals surface area contributed by atoms with Crippen LogP contribution in [0.1, 0.15) is 11.3 Å². The normalized spacial score (nSPS) is 10.2. The maximum atomic E-state index is 4.32. The number of hydrogen-bond donors (Lipinski definition) is 1. The molecule has 0 aliphatic rings. The van der Waals surface area contributed by atoms with Crippen LogP contribution in [0.4, 0.5) is 0 Å². The second kappa shape index (κ2) is 4.07. The highest BCUT2D eigenvalue weighted by molar-refractivity contribution is 5.15. The van der Waals surface area contributed by atoms with Crippen molar-refractivity contribution in [2.24, 2.45) is 0 Å². The lowest BCUT2D eigenvalue weighted by Crippen LogP contribution is -2.05. The first-order chi connectivity index (χ1) is 5.77. The van der Waals surface area contributed by atoms with Gasteiger partial charge in [0.25, 0.3) is 0 Å². The highest BCUT2D eigenvalue weighted by atomic mass is 15.3. The van der Waals surface area contributed by atoms with Gasteiger partial charge in [0, 0.05) is 18.3 Å². The van der Waals surface area contributed by atoms with E-state index in [0.717, 1.165) is 18.8 Å². The van der Waals surface area contributed by atoms with E-state index in [1.54, 1.807) is 0 Å². The highest BCUT2D eigenvalue weighted by Crippen LogP contribution is 2.04. The first kappa shape index (κ1) is 9.00. The second-order valence-electron chi connectivity index (χ2n) is 2.78. The average molecular weight is 165 g/mol. The number of aryl methyl sites for hydroxylation is 1. The van der Waals surface area contributed by atoms with Crippen LogP contribution in [-0.4, -0.2) is 16.8 Å². The van der Waals surface area contributed by atoms with Crippen LogP contribution < -0.4 is 5.32 Å². The zero-order chi connectivity index (χ0) is 8.97. The molecule has 0 saturated heterocycles. The molecule has 0 unspecified atom stereocenters. The first-order valence-electron chi connectivity index (χ1n) is 4.06. The fraction of sp³-hybridized carbons (Fsp3) is 0.444. The van der Waals surface area contributed by atoms with E-state index < -0.39 is 0 Å². The second-order valence-corrected chi connectivity index (χ2v) is 2.78. The lowest BCUT2D eigenvalue weighted by molar-refractivity contribution is 0.694. The van der Waals surface area contributed by atoms with Crippen LogP contribution in [0.15, 0.2) is 18.9 Å². The van der Waals surface area contributed by atoms with Crippen molar-refractivity contribution in [2.75, 3.05) is 7.05 Å². The van der Waals surface area contributed by atoms with Gasteiger partial charge in [0.1, 0.15) is 0 Å². The molecule has 3 heteroatoms. The minimum absolute atomic E-state index is 0.782. The Balaban J connectivity index is 2.77. The van der Waals surface area contributed by atoms with Crippen molar-refractivity contribution in [1.82, 2.24) is 15.1 Å². The van der Waals surface area contributed by atoms with Gasteiger partial charge in [-0.05, 0) is 14.0 Å². The van der Waals surface area contributed by atoms with Gasteiger partial charge in [0.05, 0.1) is 12.2 Å². The van der Waals surface area contributed by atoms with Gasteiger partial charge in [-0.1, -0.05) is 6.08 Å². The largest absolute Gasteiger partial charge is 0.316 e. The molecule has 1 rings (SSSR count). The molecule has 0 fully saturated rings. The molecule has 0 radical (unpaired) electrons. The predicted molar refractivity (Wildman–Crippen MR) is 49.9 cm³/mol. The third kappa shape index (κ3) is 1.95. The molecule has 12 heavy (non-hydrogen) atoms. The Bertz CT molecular complexity index is 263. The third-order valence-corrected chi connectivity index (χ3v) is 1.73. The zero-order valence-corrected chi connectivity index (χ0v) is 7.67. The molecule has 1 aromatic heterocycles. The van der Waals surface area contributed by atoms with Gasteiger partial charge in [-0.3, -0.25) is 4.68 Å². The maximum absolute atomic E-state index is 4.32. The summed E-state index contributed by atoms with van der Waals surface area (Å²) in [6.07, 6.45) is 3.89. The summed E-state index contributed by atoms with van der Waals surface area (Å²) >= 11 is 0. The summed E-state index contributed by atoms with van der Waals surface area (Å²) in [7, 11) is 1.93. The summed E-state index contributed by atoms with van der Waals surface area (Å²) < 4.78 is 1.90. The minimum Gasteiger partial charge on any atom is -0.316 e. The van der Waals surface area contributed by atoms with Crippen molar-refractivity contribution in [1.29, 1.82) is 0 Å². The molecular formula is C9H15N3. The zero-order valence-electron chi connectivity index (χ0n) is 7.67. The van der Waals surface area contributed by atoms with Crippen LogP contribution in [0.25, 0.3) is 0 Å². The predicted octanol–water partition coefficient (Wildman–Crippen LogP) is 1.10. The van der Waals surface area contributed by atoms with Gasteiger partial charge in [-0.2, -0.15) is 5.10 Å². The Morgan fingerprint density at radius 2 is 2.50 bits per heavy atom. The van der Waals surface area contributed by atoms with E-state index >= 15 is 0 Å². The van der Waals surface area contributed by atoms with Crippen LogP contribution >= 0.6 is 0 Å². The van der Waals surface area contributed by atoms with Crippen LogP contribution in [-0.2, 0) is 13.1 Å². The van der Waals surface area contributed by atoms with Crippen molar-refractivity contribution in [3.8, 4) is 0 Å². The Morgan fingerprint density at radius 1 is 1.75 bits per heavy atom. The number of nitrogens with zero attached hydrogens (tertiary/aromatic N) is 2. The summed E-state index contributed by atoms with van der Waals surface area (Å²) in [5.74, 6) is 0. The van der Waals surface area contributed by atoms with Gasteiger partial charge in [-0.15, -0.1) is 6.58 Å². The Hall–Kier alpha value is -1.09. The van der Waals surface area contributed by atoms with Crippen molar-refractivity contribution < 1.29 is 0 Å². The molecule has 0 bridgehead atoms. The van der Waals surface area contributed by atoms with E-state index in [1.807, 2.05) is 30.9 Å². The Labute approximate surface area is 73.1 Å². The van der Waals surface area contributed by atoms with E-state index in [1.165, 1.54) is 5.56 Å². The molecule has 1 aromatic rings. The van der Waals surface area contributed by atoms with E-state index in [4.69, 9.17) is 0 Å². The van der Waals surface area contributed by atoms with Crippen LogP contribution in [0.3, 0.4) is 0 Å². The number of aromatic nitrogens is 2. The summed E-state index contributed by atoms with van der Waals surface area (Å²) in [5.41, 5.74) is 2.34. The molecule has 1 N–H and O–H groups in total. The van der Waals surface area contributed by atoms with Crippen molar-refractivity contribution in [3.05, 3.63) is 30.1 Å². The summed E-state index contributed by atoms with van der Waals surface area (Å²) in [5, 5.41) is 7.43. The topological polar surface area (TPSA) is 29.9 Å². The van der Waals surface area contributed by atoms with Crippen molar-refractivity contribution in [3.63, 3.8) is 0 Å². The lowest BCUT2D eigenvalue weighted by atomic mass is 10.3. The molecule has 0 amide bonds. The summed E-state index contributed by atoms with van der Waals surface area (Å²) in [6, 6.07) is 0. The van der Waals surface area contributed by atoms with Crippen LogP contribution in [0.5, 0.6) is 0 Å². The van der Waals surface area contributed by atoms with E-state index in [0.29, 0.717) is 0 Å². The van der Waals surface area contributed by atoms with Gasteiger partial charge in [0.15, 0.2) is 0 Å². The monoisotopic (exact) mass is 165 g/mol. The van der Waals surface area contributed by atoms with Gasteiger partial charge in [0.2, 0.25) is 0 Å².